The highest BCUT2D eigenvalue weighted by Crippen LogP contribution is 2.06. The lowest BCUT2D eigenvalue weighted by Gasteiger charge is -2.13. The maximum atomic E-state index is 11.8. The van der Waals surface area contributed by atoms with Gasteiger partial charge in [-0.25, -0.2) is 0 Å². The van der Waals surface area contributed by atoms with Gasteiger partial charge >= 0.3 is 0 Å². The van der Waals surface area contributed by atoms with Crippen molar-refractivity contribution in [1.29, 1.82) is 0 Å². The first-order valence-corrected chi connectivity index (χ1v) is 6.12. The molecular formula is C15H17NO2. The van der Waals surface area contributed by atoms with Gasteiger partial charge in [0, 0.05) is 6.04 Å². The van der Waals surface area contributed by atoms with Crippen LogP contribution >= 0.6 is 0 Å². The SMILES string of the molecule is CC(CCc1ccccc1)NC(=O)c1ccoc1. The summed E-state index contributed by atoms with van der Waals surface area (Å²) in [6.07, 6.45) is 4.85. The van der Waals surface area contributed by atoms with Crippen LogP contribution in [0.25, 0.3) is 0 Å². The van der Waals surface area contributed by atoms with E-state index in [0.29, 0.717) is 5.56 Å². The smallest absolute Gasteiger partial charge is 0.254 e. The van der Waals surface area contributed by atoms with Gasteiger partial charge in [0.25, 0.3) is 5.91 Å². The molecule has 0 saturated carbocycles. The quantitative estimate of drug-likeness (QED) is 0.877. The Labute approximate surface area is 107 Å². The molecule has 0 bridgehead atoms. The zero-order valence-electron chi connectivity index (χ0n) is 10.4. The van der Waals surface area contributed by atoms with Crippen molar-refractivity contribution in [2.75, 3.05) is 0 Å². The molecule has 0 spiro atoms. The number of furan rings is 1. The molecule has 3 heteroatoms. The summed E-state index contributed by atoms with van der Waals surface area (Å²) in [5.41, 5.74) is 1.86. The highest BCUT2D eigenvalue weighted by Gasteiger charge is 2.10. The van der Waals surface area contributed by atoms with E-state index in [9.17, 15) is 4.79 Å². The molecule has 1 amide bonds. The highest BCUT2D eigenvalue weighted by atomic mass is 16.3. The molecule has 0 saturated heterocycles. The van der Waals surface area contributed by atoms with E-state index in [1.165, 1.54) is 18.1 Å². The first-order chi connectivity index (χ1) is 8.75. The van der Waals surface area contributed by atoms with E-state index in [-0.39, 0.29) is 11.9 Å². The second-order valence-electron chi connectivity index (χ2n) is 4.41. The van der Waals surface area contributed by atoms with Crippen molar-refractivity contribution in [3.05, 3.63) is 60.1 Å². The first-order valence-electron chi connectivity index (χ1n) is 6.12. The molecule has 1 heterocycles. The number of rotatable bonds is 5. The van der Waals surface area contributed by atoms with E-state index < -0.39 is 0 Å². The molecular weight excluding hydrogens is 226 g/mol. The fourth-order valence-electron chi connectivity index (χ4n) is 1.80. The molecule has 2 rings (SSSR count). The molecule has 0 aliphatic carbocycles. The molecule has 1 aromatic heterocycles. The van der Waals surface area contributed by atoms with Gasteiger partial charge in [0.05, 0.1) is 11.8 Å². The lowest BCUT2D eigenvalue weighted by molar-refractivity contribution is 0.0938. The van der Waals surface area contributed by atoms with E-state index in [1.807, 2.05) is 25.1 Å². The third-order valence-corrected chi connectivity index (χ3v) is 2.87. The summed E-state index contributed by atoms with van der Waals surface area (Å²) >= 11 is 0. The number of benzene rings is 1. The van der Waals surface area contributed by atoms with E-state index in [4.69, 9.17) is 4.42 Å². The molecule has 0 aliphatic heterocycles. The number of hydrogen-bond acceptors (Lipinski definition) is 2. The molecule has 1 atom stereocenters. The summed E-state index contributed by atoms with van der Waals surface area (Å²) in [5.74, 6) is -0.0793. The Morgan fingerprint density at radius 1 is 1.28 bits per heavy atom. The van der Waals surface area contributed by atoms with Crippen molar-refractivity contribution >= 4 is 5.91 Å². The Balaban J connectivity index is 1.79. The van der Waals surface area contributed by atoms with Crippen molar-refractivity contribution in [3.63, 3.8) is 0 Å². The molecule has 1 unspecified atom stereocenters. The van der Waals surface area contributed by atoms with Crippen LogP contribution in [-0.2, 0) is 6.42 Å². The van der Waals surface area contributed by atoms with Gasteiger partial charge in [-0.3, -0.25) is 4.79 Å². The van der Waals surface area contributed by atoms with Crippen LogP contribution in [0, 0.1) is 0 Å². The topological polar surface area (TPSA) is 42.2 Å². The summed E-state index contributed by atoms with van der Waals surface area (Å²) in [7, 11) is 0. The second kappa shape index (κ2) is 6.05. The van der Waals surface area contributed by atoms with Crippen molar-refractivity contribution in [1.82, 2.24) is 5.32 Å². The minimum atomic E-state index is -0.0793. The van der Waals surface area contributed by atoms with Crippen LogP contribution in [-0.4, -0.2) is 11.9 Å². The number of hydrogen-bond donors (Lipinski definition) is 1. The fraction of sp³-hybridized carbons (Fsp3) is 0.267. The predicted molar refractivity (Wildman–Crippen MR) is 70.4 cm³/mol. The van der Waals surface area contributed by atoms with Crippen LogP contribution < -0.4 is 5.32 Å². The third-order valence-electron chi connectivity index (χ3n) is 2.87. The summed E-state index contributed by atoms with van der Waals surface area (Å²) in [4.78, 5) is 11.8. The van der Waals surface area contributed by atoms with Crippen LogP contribution in [0.3, 0.4) is 0 Å². The Hall–Kier alpha value is -2.03. The Bertz CT molecular complexity index is 476. The number of nitrogens with one attached hydrogen (secondary N) is 1. The van der Waals surface area contributed by atoms with E-state index in [2.05, 4.69) is 17.4 Å². The molecule has 1 N–H and O–H groups in total. The summed E-state index contributed by atoms with van der Waals surface area (Å²) in [5, 5.41) is 2.95. The third kappa shape index (κ3) is 3.48. The van der Waals surface area contributed by atoms with Gasteiger partial charge < -0.3 is 9.73 Å². The van der Waals surface area contributed by atoms with Crippen LogP contribution in [0.1, 0.15) is 29.3 Å². The Morgan fingerprint density at radius 3 is 2.72 bits per heavy atom. The summed E-state index contributed by atoms with van der Waals surface area (Å²) in [6.45, 7) is 2.01. The Kier molecular flexibility index (Phi) is 4.18. The monoisotopic (exact) mass is 243 g/mol. The normalized spacial score (nSPS) is 12.1. The van der Waals surface area contributed by atoms with Crippen molar-refractivity contribution in [2.45, 2.75) is 25.8 Å². The van der Waals surface area contributed by atoms with E-state index in [0.717, 1.165) is 12.8 Å². The van der Waals surface area contributed by atoms with Gasteiger partial charge in [-0.15, -0.1) is 0 Å². The van der Waals surface area contributed by atoms with Crippen molar-refractivity contribution < 1.29 is 9.21 Å². The van der Waals surface area contributed by atoms with E-state index >= 15 is 0 Å². The average Bonchev–Trinajstić information content (AvgIpc) is 2.91. The van der Waals surface area contributed by atoms with Gasteiger partial charge in [0.1, 0.15) is 6.26 Å². The lowest BCUT2D eigenvalue weighted by atomic mass is 10.1. The molecule has 94 valence electrons. The maximum absolute atomic E-state index is 11.8. The molecule has 1 aromatic carbocycles. The zero-order valence-corrected chi connectivity index (χ0v) is 10.4. The second-order valence-corrected chi connectivity index (χ2v) is 4.41. The molecule has 0 fully saturated rings. The highest BCUT2D eigenvalue weighted by molar-refractivity contribution is 5.93. The number of amides is 1. The number of carbonyl (C=O) groups excluding carboxylic acids is 1. The van der Waals surface area contributed by atoms with Gasteiger partial charge in [-0.1, -0.05) is 30.3 Å². The number of aryl methyl sites for hydroxylation is 1. The lowest BCUT2D eigenvalue weighted by Crippen LogP contribution is -2.32. The van der Waals surface area contributed by atoms with Crippen molar-refractivity contribution in [3.8, 4) is 0 Å². The summed E-state index contributed by atoms with van der Waals surface area (Å²) < 4.78 is 4.89. The van der Waals surface area contributed by atoms with Gasteiger partial charge in [-0.2, -0.15) is 0 Å². The summed E-state index contributed by atoms with van der Waals surface area (Å²) in [6, 6.07) is 12.1. The molecule has 18 heavy (non-hydrogen) atoms. The largest absolute Gasteiger partial charge is 0.472 e. The minimum Gasteiger partial charge on any atom is -0.472 e. The molecule has 0 aliphatic rings. The fourth-order valence-corrected chi connectivity index (χ4v) is 1.80. The van der Waals surface area contributed by atoms with Crippen LogP contribution in [0.15, 0.2) is 53.3 Å². The van der Waals surface area contributed by atoms with Crippen LogP contribution in [0.2, 0.25) is 0 Å². The average molecular weight is 243 g/mol. The molecule has 3 nitrogen and oxygen atoms in total. The van der Waals surface area contributed by atoms with Crippen LogP contribution in [0.4, 0.5) is 0 Å². The van der Waals surface area contributed by atoms with Gasteiger partial charge in [-0.05, 0) is 31.4 Å². The van der Waals surface area contributed by atoms with Crippen LogP contribution in [0.5, 0.6) is 0 Å². The van der Waals surface area contributed by atoms with Gasteiger partial charge in [0.15, 0.2) is 0 Å². The number of carbonyl (C=O) groups is 1. The standard InChI is InChI=1S/C15H17NO2/c1-12(7-8-13-5-3-2-4-6-13)16-15(17)14-9-10-18-11-14/h2-6,9-12H,7-8H2,1H3,(H,16,17). The maximum Gasteiger partial charge on any atom is 0.254 e. The van der Waals surface area contributed by atoms with Crippen molar-refractivity contribution in [2.24, 2.45) is 0 Å². The minimum absolute atomic E-state index is 0.0793. The zero-order chi connectivity index (χ0) is 12.8. The Morgan fingerprint density at radius 2 is 2.06 bits per heavy atom. The molecule has 0 radical (unpaired) electrons. The van der Waals surface area contributed by atoms with E-state index in [1.54, 1.807) is 6.07 Å². The predicted octanol–water partition coefficient (Wildman–Crippen LogP) is 3.03. The molecule has 2 aromatic rings. The first kappa shape index (κ1) is 12.4. The van der Waals surface area contributed by atoms with Gasteiger partial charge in [0.2, 0.25) is 0 Å².